The lowest BCUT2D eigenvalue weighted by Crippen LogP contribution is -2.11. The molecule has 56 heavy (non-hydrogen) atoms. The second-order valence-electron chi connectivity index (χ2n) is 14.5. The molecule has 0 spiro atoms. The average Bonchev–Trinajstić information content (AvgIpc) is 3.65. The molecule has 0 atom stereocenters. The summed E-state index contributed by atoms with van der Waals surface area (Å²) in [6, 6.07) is 77.8. The molecule has 1 aromatic heterocycles. The zero-order chi connectivity index (χ0) is 37.0. The number of benzene rings is 10. The minimum Gasteiger partial charge on any atom is -0.310 e. The molecule has 0 bridgehead atoms. The summed E-state index contributed by atoms with van der Waals surface area (Å²) in [5.41, 5.74) is 10.6. The molecule has 11 rings (SSSR count). The van der Waals surface area contributed by atoms with Gasteiger partial charge in [0.2, 0.25) is 0 Å². The molecule has 0 radical (unpaired) electrons. The zero-order valence-electron chi connectivity index (χ0n) is 30.6. The zero-order valence-corrected chi connectivity index (χ0v) is 31.4. The quantitative estimate of drug-likeness (QED) is 0.154. The van der Waals surface area contributed by atoms with Crippen molar-refractivity contribution in [2.45, 2.75) is 0 Å². The van der Waals surface area contributed by atoms with Gasteiger partial charge in [-0.05, 0) is 115 Å². The Morgan fingerprint density at radius 1 is 0.286 bits per heavy atom. The molecular formula is C54H35NS. The summed E-state index contributed by atoms with van der Waals surface area (Å²) in [5.74, 6) is 0. The van der Waals surface area contributed by atoms with Crippen molar-refractivity contribution >= 4 is 80.9 Å². The van der Waals surface area contributed by atoms with Crippen LogP contribution in [0, 0.1) is 0 Å². The molecular weight excluding hydrogens is 695 g/mol. The van der Waals surface area contributed by atoms with E-state index in [4.69, 9.17) is 0 Å². The van der Waals surface area contributed by atoms with Crippen LogP contribution in [0.1, 0.15) is 0 Å². The first-order valence-electron chi connectivity index (χ1n) is 19.2. The third-order valence-corrected chi connectivity index (χ3v) is 12.4. The molecule has 0 amide bonds. The Morgan fingerprint density at radius 2 is 0.911 bits per heavy atom. The summed E-state index contributed by atoms with van der Waals surface area (Å²) in [5, 5.41) is 10.2. The Morgan fingerprint density at radius 3 is 1.79 bits per heavy atom. The van der Waals surface area contributed by atoms with Gasteiger partial charge in [-0.25, -0.2) is 0 Å². The molecule has 10 aromatic carbocycles. The van der Waals surface area contributed by atoms with Gasteiger partial charge in [-0.15, -0.1) is 11.3 Å². The predicted octanol–water partition coefficient (Wildman–Crippen LogP) is 16.0. The number of anilines is 3. The van der Waals surface area contributed by atoms with Gasteiger partial charge in [0.25, 0.3) is 0 Å². The van der Waals surface area contributed by atoms with Crippen LogP contribution >= 0.6 is 11.3 Å². The van der Waals surface area contributed by atoms with Gasteiger partial charge < -0.3 is 4.90 Å². The Kier molecular flexibility index (Phi) is 7.75. The fourth-order valence-electron chi connectivity index (χ4n) is 8.60. The monoisotopic (exact) mass is 729 g/mol. The van der Waals surface area contributed by atoms with E-state index in [0.29, 0.717) is 0 Å². The summed E-state index contributed by atoms with van der Waals surface area (Å²) in [4.78, 5) is 2.43. The van der Waals surface area contributed by atoms with Crippen molar-refractivity contribution in [1.82, 2.24) is 0 Å². The van der Waals surface area contributed by atoms with Crippen LogP contribution in [0.5, 0.6) is 0 Å². The standard InChI is InChI=1S/C54H35NS/c1-3-18-43-37(13-1)15-12-24-46(43)48-22-7-9-25-52(48)55(41-30-27-36(28-31-41)38-29-32-54-51(34-38)49-23-8-10-26-53(49)56-54)42-17-11-16-39(33-42)50-35-40-14-2-4-19-44(40)45-20-5-6-21-47(45)50/h1-35H. The number of para-hydroxylation sites is 1. The summed E-state index contributed by atoms with van der Waals surface area (Å²) in [6.45, 7) is 0. The summed E-state index contributed by atoms with van der Waals surface area (Å²) >= 11 is 1.86. The molecule has 262 valence electrons. The van der Waals surface area contributed by atoms with E-state index in [1.807, 2.05) is 11.3 Å². The highest BCUT2D eigenvalue weighted by Gasteiger charge is 2.20. The minimum absolute atomic E-state index is 1.10. The van der Waals surface area contributed by atoms with E-state index >= 15 is 0 Å². The second-order valence-corrected chi connectivity index (χ2v) is 15.6. The molecule has 0 fully saturated rings. The molecule has 0 aliphatic rings. The highest BCUT2D eigenvalue weighted by atomic mass is 32.1. The minimum atomic E-state index is 1.10. The van der Waals surface area contributed by atoms with Crippen LogP contribution in [0.25, 0.3) is 85.9 Å². The van der Waals surface area contributed by atoms with Crippen LogP contribution in [0.2, 0.25) is 0 Å². The second kappa shape index (κ2) is 13.4. The normalized spacial score (nSPS) is 11.6. The Balaban J connectivity index is 1.09. The molecule has 2 heteroatoms. The first kappa shape index (κ1) is 32.4. The molecule has 1 nitrogen and oxygen atoms in total. The molecule has 0 saturated heterocycles. The van der Waals surface area contributed by atoms with E-state index in [2.05, 4.69) is 217 Å². The van der Waals surface area contributed by atoms with Crippen molar-refractivity contribution in [1.29, 1.82) is 0 Å². The lowest BCUT2D eigenvalue weighted by atomic mass is 9.93. The van der Waals surface area contributed by atoms with Gasteiger partial charge in [0.1, 0.15) is 0 Å². The lowest BCUT2D eigenvalue weighted by molar-refractivity contribution is 1.28. The summed E-state index contributed by atoms with van der Waals surface area (Å²) in [6.07, 6.45) is 0. The highest BCUT2D eigenvalue weighted by Crippen LogP contribution is 2.45. The van der Waals surface area contributed by atoms with Gasteiger partial charge in [-0.1, -0.05) is 158 Å². The summed E-state index contributed by atoms with van der Waals surface area (Å²) in [7, 11) is 0. The van der Waals surface area contributed by atoms with E-state index in [-0.39, 0.29) is 0 Å². The van der Waals surface area contributed by atoms with Crippen LogP contribution < -0.4 is 4.90 Å². The maximum atomic E-state index is 2.43. The third kappa shape index (κ3) is 5.46. The number of hydrogen-bond donors (Lipinski definition) is 0. The third-order valence-electron chi connectivity index (χ3n) is 11.2. The molecule has 0 aliphatic carbocycles. The largest absolute Gasteiger partial charge is 0.310 e. The van der Waals surface area contributed by atoms with Gasteiger partial charge in [0.05, 0.1) is 5.69 Å². The number of rotatable bonds is 6. The maximum Gasteiger partial charge on any atom is 0.0540 e. The average molecular weight is 730 g/mol. The topological polar surface area (TPSA) is 3.24 Å². The van der Waals surface area contributed by atoms with E-state index < -0.39 is 0 Å². The van der Waals surface area contributed by atoms with E-state index in [0.717, 1.165) is 17.1 Å². The molecule has 0 aliphatic heterocycles. The van der Waals surface area contributed by atoms with Gasteiger partial charge in [0.15, 0.2) is 0 Å². The van der Waals surface area contributed by atoms with Gasteiger partial charge in [-0.2, -0.15) is 0 Å². The van der Waals surface area contributed by atoms with Crippen molar-refractivity contribution in [3.05, 3.63) is 212 Å². The van der Waals surface area contributed by atoms with Crippen LogP contribution in [0.3, 0.4) is 0 Å². The molecule has 1 heterocycles. The number of fused-ring (bicyclic) bond motifs is 7. The van der Waals surface area contributed by atoms with Crippen molar-refractivity contribution in [2.24, 2.45) is 0 Å². The van der Waals surface area contributed by atoms with Crippen molar-refractivity contribution < 1.29 is 0 Å². The van der Waals surface area contributed by atoms with E-state index in [1.165, 1.54) is 85.9 Å². The smallest absolute Gasteiger partial charge is 0.0540 e. The fourth-order valence-corrected chi connectivity index (χ4v) is 9.68. The van der Waals surface area contributed by atoms with Gasteiger partial charge in [-0.3, -0.25) is 0 Å². The number of nitrogens with zero attached hydrogens (tertiary/aromatic N) is 1. The van der Waals surface area contributed by atoms with Crippen LogP contribution in [0.4, 0.5) is 17.1 Å². The SMILES string of the molecule is c1cc(-c2cc3ccccc3c3ccccc23)cc(N(c2ccc(-c3ccc4sc5ccccc5c4c3)cc2)c2ccccc2-c2cccc3ccccc23)c1. The highest BCUT2D eigenvalue weighted by molar-refractivity contribution is 7.25. The Hall–Kier alpha value is -7.00. The van der Waals surface area contributed by atoms with E-state index in [9.17, 15) is 0 Å². The first-order chi connectivity index (χ1) is 27.8. The molecule has 11 aromatic rings. The van der Waals surface area contributed by atoms with Crippen molar-refractivity contribution in [3.63, 3.8) is 0 Å². The van der Waals surface area contributed by atoms with E-state index in [1.54, 1.807) is 0 Å². The molecule has 0 N–H and O–H groups in total. The van der Waals surface area contributed by atoms with Gasteiger partial charge in [0, 0.05) is 37.1 Å². The van der Waals surface area contributed by atoms with Crippen molar-refractivity contribution in [3.8, 4) is 33.4 Å². The van der Waals surface area contributed by atoms with Gasteiger partial charge >= 0.3 is 0 Å². The van der Waals surface area contributed by atoms with Crippen molar-refractivity contribution in [2.75, 3.05) is 4.90 Å². The number of hydrogen-bond acceptors (Lipinski definition) is 2. The van der Waals surface area contributed by atoms with Crippen LogP contribution in [-0.4, -0.2) is 0 Å². The Labute approximate surface area is 330 Å². The fraction of sp³-hybridized carbons (Fsp3) is 0. The Bertz CT molecular complexity index is 3260. The molecule has 0 unspecified atom stereocenters. The van der Waals surface area contributed by atoms with Crippen LogP contribution in [0.15, 0.2) is 212 Å². The number of thiophene rings is 1. The maximum absolute atomic E-state index is 2.43. The first-order valence-corrected chi connectivity index (χ1v) is 20.0. The predicted molar refractivity (Wildman–Crippen MR) is 243 cm³/mol. The lowest BCUT2D eigenvalue weighted by Gasteiger charge is -2.29. The molecule has 0 saturated carbocycles. The van der Waals surface area contributed by atoms with Crippen LogP contribution in [-0.2, 0) is 0 Å². The summed E-state index contributed by atoms with van der Waals surface area (Å²) < 4.78 is 2.65.